The summed E-state index contributed by atoms with van der Waals surface area (Å²) in [7, 11) is -1.53. The number of aromatic nitrogens is 1. The highest BCUT2D eigenvalue weighted by Crippen LogP contribution is 2.38. The first-order chi connectivity index (χ1) is 25.4. The molecule has 5 rings (SSSR count). The summed E-state index contributed by atoms with van der Waals surface area (Å²) in [6.45, 7) is 8.61. The number of amides is 1. The Bertz CT molecular complexity index is 2120. The fourth-order valence-electron chi connectivity index (χ4n) is 6.59. The molecule has 5 aromatic rings. The molecule has 1 unspecified atom stereocenters. The minimum atomic E-state index is -2.98. The number of rotatable bonds is 13. The number of methoxy groups -OCH3 is 1. The van der Waals surface area contributed by atoms with Gasteiger partial charge in [0, 0.05) is 34.5 Å². The van der Waals surface area contributed by atoms with E-state index in [-0.39, 0.29) is 30.4 Å². The smallest absolute Gasteiger partial charge is 0.338 e. The van der Waals surface area contributed by atoms with E-state index >= 15 is 0 Å². The molecule has 1 N–H and O–H groups in total. The summed E-state index contributed by atoms with van der Waals surface area (Å²) in [6.07, 6.45) is 1.61. The van der Waals surface area contributed by atoms with Crippen LogP contribution >= 0.6 is 11.6 Å². The fourth-order valence-corrected chi connectivity index (χ4v) is 11.3. The van der Waals surface area contributed by atoms with E-state index in [4.69, 9.17) is 25.5 Å². The van der Waals surface area contributed by atoms with Crippen molar-refractivity contribution in [3.05, 3.63) is 142 Å². The average Bonchev–Trinajstić information content (AvgIpc) is 3.15. The lowest BCUT2D eigenvalue weighted by Gasteiger charge is -2.43. The van der Waals surface area contributed by atoms with Gasteiger partial charge in [-0.05, 0) is 71.2 Å². The minimum absolute atomic E-state index is 0.125. The van der Waals surface area contributed by atoms with Gasteiger partial charge in [-0.1, -0.05) is 93.0 Å². The van der Waals surface area contributed by atoms with E-state index < -0.39 is 31.8 Å². The molecular formula is C42H42ClN3O6Si. The number of nitrogens with one attached hydrogen (secondary N) is 1. The number of carbonyl (C=O) groups is 2. The van der Waals surface area contributed by atoms with Gasteiger partial charge in [-0.25, -0.2) is 4.79 Å². The highest BCUT2D eigenvalue weighted by molar-refractivity contribution is 6.99. The van der Waals surface area contributed by atoms with Crippen molar-refractivity contribution < 1.29 is 23.5 Å². The molecule has 0 spiro atoms. The number of hydrogen-bond donors (Lipinski definition) is 1. The second kappa shape index (κ2) is 16.9. The molecule has 0 aliphatic carbocycles. The number of halogens is 1. The number of nitrogens with zero attached hydrogens (tertiary/aromatic N) is 2. The molecule has 272 valence electrons. The Kier molecular flexibility index (Phi) is 12.4. The Hall–Kier alpha value is -5.47. The van der Waals surface area contributed by atoms with Gasteiger partial charge in [0.2, 0.25) is 5.91 Å². The molecule has 9 nitrogen and oxygen atoms in total. The molecule has 1 heterocycles. The Balaban J connectivity index is 1.57. The fraction of sp³-hybridized carbons (Fsp3) is 0.238. The van der Waals surface area contributed by atoms with Crippen LogP contribution < -0.4 is 26.0 Å². The summed E-state index contributed by atoms with van der Waals surface area (Å²) < 4.78 is 19.3. The van der Waals surface area contributed by atoms with Gasteiger partial charge < -0.3 is 19.2 Å². The quantitative estimate of drug-likeness (QED) is 0.0987. The second-order valence-electron chi connectivity index (χ2n) is 13.4. The van der Waals surface area contributed by atoms with E-state index in [0.717, 1.165) is 10.4 Å². The SMILES string of the molecule is CCOC(=O)c1ccc(NC(=O)C(CCO[Si](c2ccccc2)(c2ccccc2)C(C)(C)C)n2cc(OC)c(-c3cc(Cl)ccc3C#N)cc2=O)cc1. The monoisotopic (exact) mass is 747 g/mol. The maximum atomic E-state index is 14.3. The Morgan fingerprint density at radius 1 is 0.906 bits per heavy atom. The number of nitriles is 1. The van der Waals surface area contributed by atoms with Crippen LogP contribution in [0.2, 0.25) is 10.1 Å². The van der Waals surface area contributed by atoms with Gasteiger partial charge in [0.15, 0.2) is 0 Å². The van der Waals surface area contributed by atoms with Crippen molar-refractivity contribution >= 4 is 47.9 Å². The van der Waals surface area contributed by atoms with Crippen LogP contribution in [0, 0.1) is 11.3 Å². The van der Waals surface area contributed by atoms with Crippen molar-refractivity contribution in [2.24, 2.45) is 0 Å². The predicted octanol–water partition coefficient (Wildman–Crippen LogP) is 7.37. The number of pyridine rings is 1. The lowest BCUT2D eigenvalue weighted by atomic mass is 10.00. The molecule has 0 aliphatic heterocycles. The Labute approximate surface area is 315 Å². The summed E-state index contributed by atoms with van der Waals surface area (Å²) in [4.78, 5) is 40.5. The van der Waals surface area contributed by atoms with Crippen molar-refractivity contribution in [2.75, 3.05) is 25.6 Å². The Morgan fingerprint density at radius 2 is 1.53 bits per heavy atom. The number of carbonyl (C=O) groups excluding carboxylic acids is 2. The summed E-state index contributed by atoms with van der Waals surface area (Å²) >= 11 is 6.29. The lowest BCUT2D eigenvalue weighted by Crippen LogP contribution is -2.66. The van der Waals surface area contributed by atoms with E-state index in [0.29, 0.717) is 33.0 Å². The third-order valence-corrected chi connectivity index (χ3v) is 14.4. The molecule has 0 saturated heterocycles. The van der Waals surface area contributed by atoms with Crippen LogP contribution in [0.25, 0.3) is 11.1 Å². The van der Waals surface area contributed by atoms with Crippen LogP contribution in [0.1, 0.15) is 56.1 Å². The summed E-state index contributed by atoms with van der Waals surface area (Å²) in [5, 5.41) is 15.0. The zero-order valence-corrected chi connectivity index (χ0v) is 32.1. The number of benzene rings is 4. The minimum Gasteiger partial charge on any atom is -0.495 e. The summed E-state index contributed by atoms with van der Waals surface area (Å²) in [5.41, 5.74) is 1.38. The van der Waals surface area contributed by atoms with Crippen molar-refractivity contribution in [1.29, 1.82) is 5.26 Å². The summed E-state index contributed by atoms with van der Waals surface area (Å²) in [6, 6.07) is 33.9. The molecule has 0 bridgehead atoms. The number of esters is 1. The first-order valence-electron chi connectivity index (χ1n) is 17.3. The highest BCUT2D eigenvalue weighted by Gasteiger charge is 2.50. The van der Waals surface area contributed by atoms with Gasteiger partial charge in [0.05, 0.1) is 37.1 Å². The van der Waals surface area contributed by atoms with Gasteiger partial charge in [-0.3, -0.25) is 14.2 Å². The maximum absolute atomic E-state index is 14.3. The van der Waals surface area contributed by atoms with Crippen molar-refractivity contribution in [2.45, 2.75) is 45.2 Å². The van der Waals surface area contributed by atoms with Crippen LogP contribution in [0.4, 0.5) is 5.69 Å². The molecule has 0 aliphatic rings. The molecule has 4 aromatic carbocycles. The van der Waals surface area contributed by atoms with Crippen LogP contribution in [0.15, 0.2) is 120 Å². The normalized spacial score (nSPS) is 12.0. The molecule has 1 aromatic heterocycles. The third kappa shape index (κ3) is 8.44. The highest BCUT2D eigenvalue weighted by atomic mass is 35.5. The van der Waals surface area contributed by atoms with Crippen LogP contribution in [-0.4, -0.2) is 45.1 Å². The van der Waals surface area contributed by atoms with E-state index in [1.165, 1.54) is 23.9 Å². The topological polar surface area (TPSA) is 120 Å². The third-order valence-electron chi connectivity index (χ3n) is 9.08. The van der Waals surface area contributed by atoms with E-state index in [9.17, 15) is 19.6 Å². The first-order valence-corrected chi connectivity index (χ1v) is 19.5. The van der Waals surface area contributed by atoms with Gasteiger partial charge in [0.25, 0.3) is 13.9 Å². The zero-order valence-electron chi connectivity index (χ0n) is 30.4. The molecule has 1 amide bonds. The Morgan fingerprint density at radius 3 is 2.08 bits per heavy atom. The molecule has 0 radical (unpaired) electrons. The van der Waals surface area contributed by atoms with E-state index in [1.807, 2.05) is 36.4 Å². The average molecular weight is 748 g/mol. The second-order valence-corrected chi connectivity index (χ2v) is 18.1. The van der Waals surface area contributed by atoms with E-state index in [2.05, 4.69) is 56.4 Å². The van der Waals surface area contributed by atoms with Crippen molar-refractivity contribution in [3.63, 3.8) is 0 Å². The number of ether oxygens (including phenoxy) is 2. The first kappa shape index (κ1) is 38.8. The largest absolute Gasteiger partial charge is 0.495 e. The molecular weight excluding hydrogens is 706 g/mol. The van der Waals surface area contributed by atoms with Crippen LogP contribution in [-0.2, 0) is 14.0 Å². The maximum Gasteiger partial charge on any atom is 0.338 e. The zero-order chi connectivity index (χ0) is 38.2. The van der Waals surface area contributed by atoms with Crippen molar-refractivity contribution in [3.8, 4) is 22.9 Å². The standard InChI is InChI=1S/C42H42ClN3O6Si/c1-6-51-41(49)29-18-21-32(22-19-29)45-40(48)37(46-28-38(50-5)36(26-39(46)47)35-25-31(43)20-17-30(35)27-44)23-24-52-53(42(2,3)4,33-13-9-7-10-14-33)34-15-11-8-12-16-34/h7-22,25-26,28,37H,6,23-24H2,1-5H3,(H,45,48). The predicted molar refractivity (Wildman–Crippen MR) is 211 cm³/mol. The summed E-state index contributed by atoms with van der Waals surface area (Å²) in [5.74, 6) is -0.674. The van der Waals surface area contributed by atoms with Crippen molar-refractivity contribution in [1.82, 2.24) is 4.57 Å². The van der Waals surface area contributed by atoms with Gasteiger partial charge >= 0.3 is 5.97 Å². The van der Waals surface area contributed by atoms with Gasteiger partial charge in [-0.2, -0.15) is 5.26 Å². The van der Waals surface area contributed by atoms with Gasteiger partial charge in [-0.15, -0.1) is 0 Å². The molecule has 0 saturated carbocycles. The molecule has 0 fully saturated rings. The molecule has 53 heavy (non-hydrogen) atoms. The van der Waals surface area contributed by atoms with Crippen LogP contribution in [0.5, 0.6) is 5.75 Å². The molecule has 1 atom stereocenters. The lowest BCUT2D eigenvalue weighted by molar-refractivity contribution is -0.119. The van der Waals surface area contributed by atoms with E-state index in [1.54, 1.807) is 49.4 Å². The van der Waals surface area contributed by atoms with Crippen LogP contribution in [0.3, 0.4) is 0 Å². The number of hydrogen-bond acceptors (Lipinski definition) is 7. The van der Waals surface area contributed by atoms with Gasteiger partial charge in [0.1, 0.15) is 11.8 Å². The number of anilines is 1. The molecule has 11 heteroatoms.